The van der Waals surface area contributed by atoms with E-state index in [1.807, 2.05) is 0 Å². The lowest BCUT2D eigenvalue weighted by molar-refractivity contribution is -0.386. The Balaban J connectivity index is 2.05. The Morgan fingerprint density at radius 1 is 1.07 bits per heavy atom. The van der Waals surface area contributed by atoms with Crippen LogP contribution in [-0.4, -0.2) is 51.2 Å². The fourth-order valence-electron chi connectivity index (χ4n) is 3.98. The van der Waals surface area contributed by atoms with Crippen LogP contribution in [0.15, 0.2) is 42.5 Å². The molecule has 0 unspecified atom stereocenters. The number of hydrogen-bond acceptors (Lipinski definition) is 8. The lowest BCUT2D eigenvalue weighted by atomic mass is 10.1. The minimum absolute atomic E-state index is 0.0433. The van der Waals surface area contributed by atoms with E-state index in [1.54, 1.807) is 20.8 Å². The van der Waals surface area contributed by atoms with Crippen molar-refractivity contribution in [2.24, 2.45) is 0 Å². The molecule has 3 aromatic rings. The van der Waals surface area contributed by atoms with E-state index >= 15 is 0 Å². The van der Waals surface area contributed by atoms with Crippen LogP contribution in [0, 0.1) is 21.7 Å². The highest BCUT2D eigenvalue weighted by Gasteiger charge is 2.36. The minimum Gasteiger partial charge on any atom is -0.481 e. The van der Waals surface area contributed by atoms with Crippen LogP contribution in [0.1, 0.15) is 48.0 Å². The van der Waals surface area contributed by atoms with Gasteiger partial charge in [-0.3, -0.25) is 10.1 Å². The Bertz CT molecular complexity index is 1580. The zero-order chi connectivity index (χ0) is 33.0. The molecule has 236 valence electrons. The molecule has 0 aliphatic rings. The molecule has 0 spiro atoms. The molecule has 1 heterocycles. The van der Waals surface area contributed by atoms with E-state index in [-0.39, 0.29) is 53.6 Å². The number of aromatic nitrogens is 1. The Morgan fingerprint density at radius 2 is 1.75 bits per heavy atom. The number of ether oxygens (including phenoxy) is 2. The Hall–Kier alpha value is -5.02. The van der Waals surface area contributed by atoms with Crippen molar-refractivity contribution in [1.82, 2.24) is 9.88 Å². The number of nitro groups is 1. The SMILES string of the molecule is COc1ccc([N+](=O)[O-])c(CCN(Cc2cc(F)ccc2Nc2cc(C(F)(F)F)c(F)cc2C(=O)O)C(=O)OC(C)(C)C)n1. The first-order valence-electron chi connectivity index (χ1n) is 12.7. The molecule has 0 aliphatic heterocycles. The van der Waals surface area contributed by atoms with Gasteiger partial charge in [0, 0.05) is 30.8 Å². The summed E-state index contributed by atoms with van der Waals surface area (Å²) in [7, 11) is 1.30. The molecule has 2 N–H and O–H groups in total. The molecule has 1 amide bonds. The minimum atomic E-state index is -5.16. The van der Waals surface area contributed by atoms with Crippen molar-refractivity contribution < 1.29 is 51.0 Å². The van der Waals surface area contributed by atoms with Gasteiger partial charge in [0.15, 0.2) is 0 Å². The Kier molecular flexibility index (Phi) is 9.96. The van der Waals surface area contributed by atoms with Gasteiger partial charge in [0.1, 0.15) is 22.9 Å². The molecule has 0 saturated carbocycles. The van der Waals surface area contributed by atoms with Gasteiger partial charge < -0.3 is 24.8 Å². The predicted octanol–water partition coefficient (Wildman–Crippen LogP) is 6.72. The largest absolute Gasteiger partial charge is 0.481 e. The van der Waals surface area contributed by atoms with E-state index in [1.165, 1.54) is 19.2 Å². The first-order valence-corrected chi connectivity index (χ1v) is 12.7. The quantitative estimate of drug-likeness (QED) is 0.142. The molecule has 3 rings (SSSR count). The number of alkyl halides is 3. The van der Waals surface area contributed by atoms with Crippen molar-refractivity contribution in [2.75, 3.05) is 19.0 Å². The topological polar surface area (TPSA) is 144 Å². The van der Waals surface area contributed by atoms with Gasteiger partial charge in [0.2, 0.25) is 5.88 Å². The lowest BCUT2D eigenvalue weighted by Crippen LogP contribution is -2.38. The smallest absolute Gasteiger partial charge is 0.419 e. The maximum Gasteiger partial charge on any atom is 0.419 e. The van der Waals surface area contributed by atoms with Gasteiger partial charge in [-0.2, -0.15) is 13.2 Å². The van der Waals surface area contributed by atoms with Crippen molar-refractivity contribution in [3.8, 4) is 5.88 Å². The van der Waals surface area contributed by atoms with Gasteiger partial charge in [-0.15, -0.1) is 0 Å². The monoisotopic (exact) mass is 626 g/mol. The number of carbonyl (C=O) groups excluding carboxylic acids is 1. The van der Waals surface area contributed by atoms with Gasteiger partial charge in [-0.1, -0.05) is 0 Å². The third kappa shape index (κ3) is 8.52. The summed E-state index contributed by atoms with van der Waals surface area (Å²) in [6.45, 7) is 4.01. The highest BCUT2D eigenvalue weighted by Crippen LogP contribution is 2.36. The zero-order valence-corrected chi connectivity index (χ0v) is 23.8. The summed E-state index contributed by atoms with van der Waals surface area (Å²) < 4.78 is 79.2. The molecule has 0 saturated heterocycles. The Labute approximate surface area is 247 Å². The number of anilines is 2. The maximum absolute atomic E-state index is 14.4. The van der Waals surface area contributed by atoms with E-state index in [0.717, 1.165) is 23.1 Å². The maximum atomic E-state index is 14.4. The molecule has 0 fully saturated rings. The number of benzene rings is 2. The molecule has 0 bridgehead atoms. The molecule has 1 aromatic heterocycles. The number of aromatic carboxylic acids is 1. The van der Waals surface area contributed by atoms with Gasteiger partial charge >= 0.3 is 18.2 Å². The van der Waals surface area contributed by atoms with E-state index in [9.17, 15) is 46.8 Å². The summed E-state index contributed by atoms with van der Waals surface area (Å²) in [5.74, 6) is -4.30. The third-order valence-corrected chi connectivity index (χ3v) is 5.94. The summed E-state index contributed by atoms with van der Waals surface area (Å²) in [4.78, 5) is 40.9. The van der Waals surface area contributed by atoms with Crippen LogP contribution >= 0.6 is 0 Å². The molecule has 11 nitrogen and oxygen atoms in total. The summed E-state index contributed by atoms with van der Waals surface area (Å²) in [5, 5.41) is 23.5. The number of nitrogens with one attached hydrogen (secondary N) is 1. The standard InChI is InChI=1S/C28H27F5N4O7/c1-27(2,3)44-26(40)36(10-9-21-23(37(41)42)7-8-24(35-21)43-4)14-15-11-16(29)5-6-20(15)34-22-13-18(28(31,32)33)19(30)12-17(22)25(38)39/h5-8,11-13,34H,9-10,14H2,1-4H3,(H,38,39). The number of amides is 1. The van der Waals surface area contributed by atoms with Crippen LogP contribution in [0.3, 0.4) is 0 Å². The van der Waals surface area contributed by atoms with Gasteiger partial charge in [-0.25, -0.2) is 23.4 Å². The van der Waals surface area contributed by atoms with E-state index in [0.29, 0.717) is 0 Å². The number of nitrogens with zero attached hydrogens (tertiary/aromatic N) is 3. The number of carboxylic acid groups (broad SMARTS) is 1. The first kappa shape index (κ1) is 33.5. The number of carboxylic acids is 1. The van der Waals surface area contributed by atoms with Crippen LogP contribution < -0.4 is 10.1 Å². The number of hydrogen-bond donors (Lipinski definition) is 2. The molecule has 0 aliphatic carbocycles. The summed E-state index contributed by atoms with van der Waals surface area (Å²) in [5.41, 5.74) is -4.80. The highest BCUT2D eigenvalue weighted by molar-refractivity contribution is 5.95. The van der Waals surface area contributed by atoms with Gasteiger partial charge in [-0.05, 0) is 56.7 Å². The van der Waals surface area contributed by atoms with Crippen LogP contribution in [0.25, 0.3) is 0 Å². The molecule has 2 aromatic carbocycles. The van der Waals surface area contributed by atoms with Crippen molar-refractivity contribution in [3.05, 3.63) is 86.6 Å². The number of rotatable bonds is 10. The fourth-order valence-corrected chi connectivity index (χ4v) is 3.98. The summed E-state index contributed by atoms with van der Waals surface area (Å²) in [6, 6.07) is 5.90. The van der Waals surface area contributed by atoms with Crippen molar-refractivity contribution in [3.63, 3.8) is 0 Å². The fraction of sp³-hybridized carbons (Fsp3) is 0.321. The number of halogens is 5. The average Bonchev–Trinajstić information content (AvgIpc) is 2.90. The van der Waals surface area contributed by atoms with Gasteiger partial charge in [0.25, 0.3) is 5.69 Å². The third-order valence-electron chi connectivity index (χ3n) is 5.94. The van der Waals surface area contributed by atoms with Crippen LogP contribution in [0.2, 0.25) is 0 Å². The molecular weight excluding hydrogens is 599 g/mol. The second kappa shape index (κ2) is 13.1. The van der Waals surface area contributed by atoms with E-state index in [2.05, 4.69) is 10.3 Å². The molecule has 16 heteroatoms. The molecule has 44 heavy (non-hydrogen) atoms. The van der Waals surface area contributed by atoms with Crippen LogP contribution in [0.5, 0.6) is 5.88 Å². The van der Waals surface area contributed by atoms with E-state index in [4.69, 9.17) is 9.47 Å². The van der Waals surface area contributed by atoms with Gasteiger partial charge in [0.05, 0.1) is 35.4 Å². The lowest BCUT2D eigenvalue weighted by Gasteiger charge is -2.28. The number of carbonyl (C=O) groups is 2. The average molecular weight is 627 g/mol. The molecule has 0 atom stereocenters. The number of pyridine rings is 1. The number of methoxy groups -OCH3 is 1. The first-order chi connectivity index (χ1) is 20.4. The van der Waals surface area contributed by atoms with Crippen LogP contribution in [0.4, 0.5) is 43.8 Å². The zero-order valence-electron chi connectivity index (χ0n) is 23.8. The van der Waals surface area contributed by atoms with Crippen molar-refractivity contribution >= 4 is 29.1 Å². The Morgan fingerprint density at radius 3 is 2.32 bits per heavy atom. The van der Waals surface area contributed by atoms with Crippen LogP contribution in [-0.2, 0) is 23.9 Å². The van der Waals surface area contributed by atoms with Crippen molar-refractivity contribution in [2.45, 2.75) is 45.5 Å². The summed E-state index contributed by atoms with van der Waals surface area (Å²) >= 11 is 0. The second-order valence-corrected chi connectivity index (χ2v) is 10.3. The molecule has 0 radical (unpaired) electrons. The predicted molar refractivity (Wildman–Crippen MR) is 146 cm³/mol. The summed E-state index contributed by atoms with van der Waals surface area (Å²) in [6.07, 6.45) is -6.28. The second-order valence-electron chi connectivity index (χ2n) is 10.3. The van der Waals surface area contributed by atoms with Crippen molar-refractivity contribution in [1.29, 1.82) is 0 Å². The van der Waals surface area contributed by atoms with E-state index < -0.39 is 63.8 Å². The normalized spacial score (nSPS) is 11.6. The highest BCUT2D eigenvalue weighted by atomic mass is 19.4. The molecular formula is C28H27F5N4O7.